The van der Waals surface area contributed by atoms with E-state index in [4.69, 9.17) is 11.6 Å². The molecular weight excluding hydrogens is 330 g/mol. The van der Waals surface area contributed by atoms with Crippen LogP contribution in [0.3, 0.4) is 0 Å². The van der Waals surface area contributed by atoms with E-state index in [0.717, 1.165) is 29.8 Å². The third-order valence-corrected chi connectivity index (χ3v) is 5.91. The summed E-state index contributed by atoms with van der Waals surface area (Å²) in [5.74, 6) is 0. The Kier molecular flexibility index (Phi) is 3.11. The van der Waals surface area contributed by atoms with Crippen molar-refractivity contribution in [3.05, 3.63) is 41.0 Å². The molecule has 3 aromatic heterocycles. The van der Waals surface area contributed by atoms with Crippen LogP contribution in [0.5, 0.6) is 0 Å². The van der Waals surface area contributed by atoms with Crippen molar-refractivity contribution in [3.8, 4) is 0 Å². The Morgan fingerprint density at radius 2 is 2.10 bits per heavy atom. The van der Waals surface area contributed by atoms with Crippen LogP contribution in [0.2, 0.25) is 5.02 Å². The third kappa shape index (κ3) is 2.18. The Labute approximate surface area is 131 Å². The number of thiophene rings is 1. The predicted octanol–water partition coefficient (Wildman–Crippen LogP) is 5.11. The molecule has 0 radical (unpaired) electrons. The fourth-order valence-electron chi connectivity index (χ4n) is 1.85. The Hall–Kier alpha value is -1.21. The quantitative estimate of drug-likeness (QED) is 0.477. The molecule has 0 aliphatic carbocycles. The van der Waals surface area contributed by atoms with E-state index in [9.17, 15) is 0 Å². The monoisotopic (exact) mass is 335 g/mol. The number of hydrogen-bond acceptors (Lipinski definition) is 6. The lowest BCUT2D eigenvalue weighted by atomic mass is 10.3. The topological polar surface area (TPSA) is 38.7 Å². The highest BCUT2D eigenvalue weighted by atomic mass is 35.5. The van der Waals surface area contributed by atoms with Crippen LogP contribution in [0.25, 0.3) is 20.4 Å². The molecule has 20 heavy (non-hydrogen) atoms. The van der Waals surface area contributed by atoms with E-state index in [1.54, 1.807) is 40.8 Å². The zero-order chi connectivity index (χ0) is 13.5. The maximum atomic E-state index is 5.99. The van der Waals surface area contributed by atoms with Gasteiger partial charge in [0.15, 0.2) is 4.34 Å². The first kappa shape index (κ1) is 12.5. The molecule has 3 heterocycles. The Morgan fingerprint density at radius 1 is 1.15 bits per heavy atom. The highest BCUT2D eigenvalue weighted by Crippen LogP contribution is 2.37. The Morgan fingerprint density at radius 3 is 3.05 bits per heavy atom. The molecule has 0 N–H and O–H groups in total. The summed E-state index contributed by atoms with van der Waals surface area (Å²) in [6, 6.07) is 7.82. The lowest BCUT2D eigenvalue weighted by molar-refractivity contribution is 1.10. The minimum absolute atomic E-state index is 0.710. The summed E-state index contributed by atoms with van der Waals surface area (Å²) in [6.07, 6.45) is 1.60. The second-order valence-corrected chi connectivity index (χ2v) is 7.61. The van der Waals surface area contributed by atoms with Crippen LogP contribution in [0.4, 0.5) is 0 Å². The second-order valence-electron chi connectivity index (χ2n) is 4.01. The normalized spacial score (nSPS) is 11.4. The molecule has 1 aromatic carbocycles. The summed E-state index contributed by atoms with van der Waals surface area (Å²) >= 11 is 10.8. The van der Waals surface area contributed by atoms with Gasteiger partial charge in [-0.3, -0.25) is 0 Å². The summed E-state index contributed by atoms with van der Waals surface area (Å²) in [5, 5.41) is 4.77. The first-order chi connectivity index (χ1) is 9.79. The Balaban J connectivity index is 1.78. The van der Waals surface area contributed by atoms with Crippen molar-refractivity contribution < 1.29 is 0 Å². The zero-order valence-corrected chi connectivity index (χ0v) is 13.1. The molecule has 98 valence electrons. The van der Waals surface area contributed by atoms with Crippen LogP contribution >= 0.6 is 46.0 Å². The van der Waals surface area contributed by atoms with E-state index in [1.165, 1.54) is 0 Å². The fraction of sp³-hybridized carbons (Fsp3) is 0. The first-order valence-corrected chi connectivity index (χ1v) is 8.61. The molecule has 0 bridgehead atoms. The number of aromatic nitrogens is 3. The molecular formula is C13H6ClN3S3. The smallest absolute Gasteiger partial charge is 0.157 e. The van der Waals surface area contributed by atoms with Crippen molar-refractivity contribution in [2.24, 2.45) is 0 Å². The van der Waals surface area contributed by atoms with Gasteiger partial charge in [0.2, 0.25) is 0 Å². The number of halogens is 1. The van der Waals surface area contributed by atoms with Gasteiger partial charge in [0.05, 0.1) is 10.2 Å². The average Bonchev–Trinajstić information content (AvgIpc) is 3.04. The minimum atomic E-state index is 0.710. The van der Waals surface area contributed by atoms with Gasteiger partial charge in [0.25, 0.3) is 0 Å². The molecule has 0 fully saturated rings. The van der Waals surface area contributed by atoms with Crippen molar-refractivity contribution >= 4 is 66.5 Å². The molecule has 0 atom stereocenters. The predicted molar refractivity (Wildman–Crippen MR) is 86.2 cm³/mol. The maximum absolute atomic E-state index is 5.99. The molecule has 0 spiro atoms. The molecule has 0 amide bonds. The molecule has 0 unspecified atom stereocenters. The minimum Gasteiger partial charge on any atom is -0.229 e. The van der Waals surface area contributed by atoms with Gasteiger partial charge in [-0.25, -0.2) is 15.0 Å². The zero-order valence-electron chi connectivity index (χ0n) is 9.91. The SMILES string of the molecule is Clc1ccc2sc(Sc3ncnc4sccc34)nc2c1. The van der Waals surface area contributed by atoms with E-state index in [-0.39, 0.29) is 0 Å². The van der Waals surface area contributed by atoms with Gasteiger partial charge in [-0.2, -0.15) is 0 Å². The largest absolute Gasteiger partial charge is 0.229 e. The van der Waals surface area contributed by atoms with Gasteiger partial charge in [-0.05, 0) is 41.4 Å². The lowest BCUT2D eigenvalue weighted by Gasteiger charge is -1.97. The summed E-state index contributed by atoms with van der Waals surface area (Å²) < 4.78 is 2.10. The second kappa shape index (κ2) is 4.96. The van der Waals surface area contributed by atoms with Crippen LogP contribution in [0, 0.1) is 0 Å². The molecule has 7 heteroatoms. The molecule has 4 aromatic rings. The molecule has 0 saturated carbocycles. The van der Waals surface area contributed by atoms with Gasteiger partial charge in [-0.15, -0.1) is 22.7 Å². The van der Waals surface area contributed by atoms with Crippen LogP contribution in [0.1, 0.15) is 0 Å². The number of thiazole rings is 1. The van der Waals surface area contributed by atoms with Gasteiger partial charge in [0.1, 0.15) is 16.2 Å². The van der Waals surface area contributed by atoms with Crippen molar-refractivity contribution in [1.29, 1.82) is 0 Å². The average molecular weight is 336 g/mol. The molecule has 0 aliphatic heterocycles. The maximum Gasteiger partial charge on any atom is 0.157 e. The number of hydrogen-bond donors (Lipinski definition) is 0. The highest BCUT2D eigenvalue weighted by Gasteiger charge is 2.10. The molecule has 4 rings (SSSR count). The van der Waals surface area contributed by atoms with Crippen molar-refractivity contribution in [2.45, 2.75) is 9.37 Å². The van der Waals surface area contributed by atoms with Crippen molar-refractivity contribution in [2.75, 3.05) is 0 Å². The van der Waals surface area contributed by atoms with Crippen molar-refractivity contribution in [1.82, 2.24) is 15.0 Å². The summed E-state index contributed by atoms with van der Waals surface area (Å²) in [7, 11) is 0. The third-order valence-electron chi connectivity index (χ3n) is 2.74. The summed E-state index contributed by atoms with van der Waals surface area (Å²) in [4.78, 5) is 14.2. The lowest BCUT2D eigenvalue weighted by Crippen LogP contribution is -1.82. The van der Waals surface area contributed by atoms with E-state index >= 15 is 0 Å². The summed E-state index contributed by atoms with van der Waals surface area (Å²) in [5.41, 5.74) is 0.931. The van der Waals surface area contributed by atoms with E-state index in [1.807, 2.05) is 29.6 Å². The standard InChI is InChI=1S/C13H6ClN3S3/c14-7-1-2-10-9(5-7)17-13(19-10)20-12-8-3-4-18-11(8)15-6-16-12/h1-6H. The molecule has 0 saturated heterocycles. The highest BCUT2D eigenvalue weighted by molar-refractivity contribution is 8.01. The van der Waals surface area contributed by atoms with E-state index < -0.39 is 0 Å². The van der Waals surface area contributed by atoms with Gasteiger partial charge in [-0.1, -0.05) is 11.6 Å². The number of fused-ring (bicyclic) bond motifs is 2. The summed E-state index contributed by atoms with van der Waals surface area (Å²) in [6.45, 7) is 0. The van der Waals surface area contributed by atoms with Crippen molar-refractivity contribution in [3.63, 3.8) is 0 Å². The Bertz CT molecular complexity index is 915. The molecule has 0 aliphatic rings. The van der Waals surface area contributed by atoms with Gasteiger partial charge >= 0.3 is 0 Å². The van der Waals surface area contributed by atoms with Crippen LogP contribution in [-0.2, 0) is 0 Å². The first-order valence-electron chi connectivity index (χ1n) is 5.72. The van der Waals surface area contributed by atoms with E-state index in [2.05, 4.69) is 15.0 Å². The van der Waals surface area contributed by atoms with Crippen LogP contribution in [0.15, 0.2) is 45.3 Å². The van der Waals surface area contributed by atoms with Gasteiger partial charge in [0, 0.05) is 10.4 Å². The number of rotatable bonds is 2. The molecule has 3 nitrogen and oxygen atoms in total. The van der Waals surface area contributed by atoms with Crippen LogP contribution in [-0.4, -0.2) is 15.0 Å². The fourth-order valence-corrected chi connectivity index (χ4v) is 4.85. The number of benzene rings is 1. The van der Waals surface area contributed by atoms with Gasteiger partial charge < -0.3 is 0 Å². The number of nitrogens with zero attached hydrogens (tertiary/aromatic N) is 3. The van der Waals surface area contributed by atoms with E-state index in [0.29, 0.717) is 5.02 Å². The van der Waals surface area contributed by atoms with Crippen LogP contribution < -0.4 is 0 Å².